The number of hydrogen-bond acceptors (Lipinski definition) is 3. The molecule has 4 nitrogen and oxygen atoms in total. The summed E-state index contributed by atoms with van der Waals surface area (Å²) in [6.45, 7) is 5.08. The number of carbonyl (C=O) groups excluding carboxylic acids is 1. The number of rotatable bonds is 3. The van der Waals surface area contributed by atoms with Crippen LogP contribution in [0.3, 0.4) is 0 Å². The number of ether oxygens (including phenoxy) is 1. The van der Waals surface area contributed by atoms with E-state index in [0.717, 1.165) is 0 Å². The third-order valence-electron chi connectivity index (χ3n) is 4.25. The fourth-order valence-corrected chi connectivity index (χ4v) is 2.97. The molecular weight excluding hydrogens is 292 g/mol. The third kappa shape index (κ3) is 3.20. The minimum atomic E-state index is -2.76. The number of carbonyl (C=O) groups is 1. The molecule has 0 saturated heterocycles. The molecule has 6 heteroatoms. The van der Waals surface area contributed by atoms with Crippen LogP contribution in [0.4, 0.5) is 8.78 Å². The summed E-state index contributed by atoms with van der Waals surface area (Å²) in [5, 5.41) is 0. The fraction of sp³-hybridized carbons (Fsp3) is 0.625. The Morgan fingerprint density at radius 2 is 2.09 bits per heavy atom. The summed E-state index contributed by atoms with van der Waals surface area (Å²) in [5.74, 6) is -4.03. The molecule has 1 aliphatic rings. The molecule has 0 aliphatic heterocycles. The first-order valence-electron chi connectivity index (χ1n) is 7.55. The monoisotopic (exact) mass is 313 g/mol. The van der Waals surface area contributed by atoms with Gasteiger partial charge in [0.05, 0.1) is 6.61 Å². The highest BCUT2D eigenvalue weighted by Crippen LogP contribution is 2.41. The van der Waals surface area contributed by atoms with Crippen LogP contribution >= 0.6 is 0 Å². The van der Waals surface area contributed by atoms with Crippen molar-refractivity contribution in [2.24, 2.45) is 0 Å². The van der Waals surface area contributed by atoms with Crippen molar-refractivity contribution in [1.29, 1.82) is 0 Å². The highest BCUT2D eigenvalue weighted by atomic mass is 19.3. The van der Waals surface area contributed by atoms with Crippen molar-refractivity contribution in [2.45, 2.75) is 58.3 Å². The first kappa shape index (κ1) is 16.6. The lowest BCUT2D eigenvalue weighted by Crippen LogP contribution is -2.30. The first-order chi connectivity index (χ1) is 10.3. The maximum absolute atomic E-state index is 13.7. The Morgan fingerprint density at radius 3 is 2.68 bits per heavy atom. The predicted molar refractivity (Wildman–Crippen MR) is 78.6 cm³/mol. The molecule has 1 saturated carbocycles. The number of aromatic amines is 1. The second kappa shape index (κ2) is 6.18. The van der Waals surface area contributed by atoms with Gasteiger partial charge < -0.3 is 9.72 Å². The number of nitrogens with one attached hydrogen (secondary N) is 1. The topological polar surface area (TPSA) is 59.2 Å². The van der Waals surface area contributed by atoms with Gasteiger partial charge in [-0.05, 0) is 33.6 Å². The molecule has 1 aromatic rings. The fourth-order valence-electron chi connectivity index (χ4n) is 2.97. The van der Waals surface area contributed by atoms with Crippen LogP contribution in [-0.2, 0) is 4.74 Å². The highest BCUT2D eigenvalue weighted by molar-refractivity contribution is 5.91. The molecule has 0 bridgehead atoms. The van der Waals surface area contributed by atoms with E-state index in [4.69, 9.17) is 4.74 Å². The van der Waals surface area contributed by atoms with Gasteiger partial charge in [-0.1, -0.05) is 0 Å². The summed E-state index contributed by atoms with van der Waals surface area (Å²) in [5.41, 5.74) is 0.758. The summed E-state index contributed by atoms with van der Waals surface area (Å²) in [4.78, 5) is 27.5. The maximum atomic E-state index is 13.7. The van der Waals surface area contributed by atoms with Crippen LogP contribution in [0.2, 0.25) is 0 Å². The molecule has 22 heavy (non-hydrogen) atoms. The SMILES string of the molecule is CCOC(=O)c1c(C2CCCC(F)(F)C2)[nH]c(C)c(C)c1=O. The van der Waals surface area contributed by atoms with E-state index < -0.39 is 23.2 Å². The van der Waals surface area contributed by atoms with Crippen molar-refractivity contribution < 1.29 is 18.3 Å². The van der Waals surface area contributed by atoms with E-state index in [1.54, 1.807) is 20.8 Å². The largest absolute Gasteiger partial charge is 0.462 e. The number of pyridine rings is 1. The van der Waals surface area contributed by atoms with Gasteiger partial charge in [0.15, 0.2) is 5.43 Å². The lowest BCUT2D eigenvalue weighted by atomic mass is 9.82. The van der Waals surface area contributed by atoms with Gasteiger partial charge in [-0.3, -0.25) is 4.79 Å². The van der Waals surface area contributed by atoms with Gasteiger partial charge in [0.25, 0.3) is 0 Å². The average Bonchev–Trinajstić information content (AvgIpc) is 2.43. The van der Waals surface area contributed by atoms with Gasteiger partial charge in [-0.15, -0.1) is 0 Å². The van der Waals surface area contributed by atoms with Gasteiger partial charge >= 0.3 is 5.97 Å². The third-order valence-corrected chi connectivity index (χ3v) is 4.25. The van der Waals surface area contributed by atoms with Crippen molar-refractivity contribution in [1.82, 2.24) is 4.98 Å². The number of aromatic nitrogens is 1. The van der Waals surface area contributed by atoms with Crippen molar-refractivity contribution in [3.05, 3.63) is 32.7 Å². The second-order valence-corrected chi connectivity index (χ2v) is 5.86. The quantitative estimate of drug-likeness (QED) is 0.869. The number of alkyl halides is 2. The Morgan fingerprint density at radius 1 is 1.41 bits per heavy atom. The molecule has 0 amide bonds. The van der Waals surface area contributed by atoms with Crippen LogP contribution in [-0.4, -0.2) is 23.5 Å². The van der Waals surface area contributed by atoms with Gasteiger partial charge in [0.1, 0.15) is 5.56 Å². The molecule has 1 unspecified atom stereocenters. The molecule has 1 heterocycles. The van der Waals surface area contributed by atoms with Crippen molar-refractivity contribution >= 4 is 5.97 Å². The Bertz CT molecular complexity index is 637. The lowest BCUT2D eigenvalue weighted by molar-refractivity contribution is -0.0414. The second-order valence-electron chi connectivity index (χ2n) is 5.86. The molecule has 1 aliphatic carbocycles. The van der Waals surface area contributed by atoms with Crippen LogP contribution in [0.15, 0.2) is 4.79 Å². The summed E-state index contributed by atoms with van der Waals surface area (Å²) in [6.07, 6.45) is 0.403. The Kier molecular flexibility index (Phi) is 4.68. The van der Waals surface area contributed by atoms with Crippen LogP contribution in [0.1, 0.15) is 65.8 Å². The molecule has 0 spiro atoms. The molecule has 1 aromatic heterocycles. The molecule has 122 valence electrons. The van der Waals surface area contributed by atoms with Crippen molar-refractivity contribution in [3.8, 4) is 0 Å². The smallest absolute Gasteiger partial charge is 0.343 e. The van der Waals surface area contributed by atoms with E-state index in [1.807, 2.05) is 0 Å². The van der Waals surface area contributed by atoms with Gasteiger partial charge in [-0.25, -0.2) is 13.6 Å². The van der Waals surface area contributed by atoms with Crippen LogP contribution in [0.25, 0.3) is 0 Å². The standard InChI is InChI=1S/C16H21F2NO3/c1-4-22-15(21)12-13(19-10(3)9(2)14(12)20)11-6-5-7-16(17,18)8-11/h11H,4-8H2,1-3H3,(H,19,20). The van der Waals surface area contributed by atoms with Crippen LogP contribution in [0, 0.1) is 13.8 Å². The van der Waals surface area contributed by atoms with E-state index in [-0.39, 0.29) is 25.0 Å². The number of hydrogen-bond donors (Lipinski definition) is 1. The summed E-state index contributed by atoms with van der Waals surface area (Å²) >= 11 is 0. The van der Waals surface area contributed by atoms with E-state index in [9.17, 15) is 18.4 Å². The average molecular weight is 313 g/mol. The molecule has 2 rings (SSSR count). The Labute approximate surface area is 127 Å². The van der Waals surface area contributed by atoms with Gasteiger partial charge in [0, 0.05) is 35.7 Å². The minimum absolute atomic E-state index is 0.118. The van der Waals surface area contributed by atoms with E-state index >= 15 is 0 Å². The molecule has 1 atom stereocenters. The molecular formula is C16H21F2NO3. The van der Waals surface area contributed by atoms with Crippen molar-refractivity contribution in [3.63, 3.8) is 0 Å². The number of esters is 1. The lowest BCUT2D eigenvalue weighted by Gasteiger charge is -2.30. The zero-order valence-corrected chi connectivity index (χ0v) is 13.1. The number of H-pyrrole nitrogens is 1. The molecule has 0 radical (unpaired) electrons. The normalized spacial score (nSPS) is 20.7. The molecule has 1 fully saturated rings. The Hall–Kier alpha value is -1.72. The van der Waals surface area contributed by atoms with Crippen LogP contribution < -0.4 is 5.43 Å². The zero-order valence-electron chi connectivity index (χ0n) is 13.1. The zero-order chi connectivity index (χ0) is 16.5. The van der Waals surface area contributed by atoms with E-state index in [1.165, 1.54) is 0 Å². The maximum Gasteiger partial charge on any atom is 0.343 e. The number of aryl methyl sites for hydroxylation is 1. The first-order valence-corrected chi connectivity index (χ1v) is 7.55. The van der Waals surface area contributed by atoms with Gasteiger partial charge in [-0.2, -0.15) is 0 Å². The molecule has 0 aromatic carbocycles. The molecule has 1 N–H and O–H groups in total. The van der Waals surface area contributed by atoms with E-state index in [2.05, 4.69) is 4.98 Å². The Balaban J connectivity index is 2.54. The van der Waals surface area contributed by atoms with Crippen LogP contribution in [0.5, 0.6) is 0 Å². The summed E-state index contributed by atoms with van der Waals surface area (Å²) < 4.78 is 32.3. The highest BCUT2D eigenvalue weighted by Gasteiger charge is 2.39. The predicted octanol–water partition coefficient (Wildman–Crippen LogP) is 3.46. The van der Waals surface area contributed by atoms with Gasteiger partial charge in [0.2, 0.25) is 5.92 Å². The van der Waals surface area contributed by atoms with E-state index in [0.29, 0.717) is 29.8 Å². The van der Waals surface area contributed by atoms with Crippen molar-refractivity contribution in [2.75, 3.05) is 6.61 Å². The summed E-state index contributed by atoms with van der Waals surface area (Å²) in [6, 6.07) is 0. The minimum Gasteiger partial charge on any atom is -0.462 e. The summed E-state index contributed by atoms with van der Waals surface area (Å²) in [7, 11) is 0. The number of halogens is 2.